The van der Waals surface area contributed by atoms with Crippen molar-refractivity contribution in [2.75, 3.05) is 18.4 Å². The molecule has 3 rings (SSSR count). The number of nitrogens with zero attached hydrogens (tertiary/aromatic N) is 3. The van der Waals surface area contributed by atoms with E-state index in [1.165, 1.54) is 35.5 Å². The van der Waals surface area contributed by atoms with E-state index in [0.717, 1.165) is 6.92 Å². The normalized spacial score (nSPS) is 17.8. The van der Waals surface area contributed by atoms with Crippen LogP contribution in [-0.2, 0) is 9.84 Å². The van der Waals surface area contributed by atoms with Crippen LogP contribution in [0.15, 0.2) is 47.6 Å². The van der Waals surface area contributed by atoms with Crippen LogP contribution >= 0.6 is 11.6 Å². The highest BCUT2D eigenvalue weighted by Gasteiger charge is 2.49. The van der Waals surface area contributed by atoms with Gasteiger partial charge in [-0.25, -0.2) is 17.6 Å². The Morgan fingerprint density at radius 3 is 2.54 bits per heavy atom. The Hall–Kier alpha value is -2.26. The van der Waals surface area contributed by atoms with Crippen molar-refractivity contribution in [3.05, 3.63) is 47.7 Å². The third-order valence-corrected chi connectivity index (χ3v) is 7.76. The Bertz CT molecular complexity index is 948. The number of likely N-dealkylation sites (tertiary alicyclic amines) is 1. The molecular formula is C18H20ClFN4O3S. The van der Waals surface area contributed by atoms with E-state index in [-0.39, 0.29) is 41.9 Å². The Morgan fingerprint density at radius 1 is 1.25 bits per heavy atom. The summed E-state index contributed by atoms with van der Waals surface area (Å²) >= 11 is 5.98. The first-order valence-corrected chi connectivity index (χ1v) is 10.6. The van der Waals surface area contributed by atoms with Crippen LogP contribution in [-0.4, -0.2) is 47.6 Å². The lowest BCUT2D eigenvalue weighted by molar-refractivity contribution is 0.117. The molecule has 1 atom stereocenters. The monoisotopic (exact) mass is 426 g/mol. The molecule has 1 N–H and O–H groups in total. The van der Waals surface area contributed by atoms with E-state index in [1.54, 1.807) is 12.1 Å². The quantitative estimate of drug-likeness (QED) is 0.807. The van der Waals surface area contributed by atoms with E-state index in [0.29, 0.717) is 5.69 Å². The summed E-state index contributed by atoms with van der Waals surface area (Å²) in [6.07, 6.45) is 3.31. The van der Waals surface area contributed by atoms with E-state index in [1.807, 2.05) is 0 Å². The van der Waals surface area contributed by atoms with Crippen LogP contribution in [0.1, 0.15) is 19.8 Å². The average Bonchev–Trinajstić information content (AvgIpc) is 2.69. The van der Waals surface area contributed by atoms with Gasteiger partial charge in [0.15, 0.2) is 0 Å². The SMILES string of the molecule is CC(F)(C1CCN(C(=O)Nc2ccnnc2)CC1)S(=O)(=O)c1ccccc1Cl. The zero-order valence-corrected chi connectivity index (χ0v) is 16.8. The molecule has 0 saturated carbocycles. The van der Waals surface area contributed by atoms with Crippen molar-refractivity contribution in [1.82, 2.24) is 15.1 Å². The molecule has 10 heteroatoms. The smallest absolute Gasteiger partial charge is 0.321 e. The average molecular weight is 427 g/mol. The van der Waals surface area contributed by atoms with Gasteiger partial charge in [-0.15, -0.1) is 0 Å². The van der Waals surface area contributed by atoms with Gasteiger partial charge in [0, 0.05) is 19.0 Å². The molecule has 150 valence electrons. The number of aromatic nitrogens is 2. The van der Waals surface area contributed by atoms with Gasteiger partial charge in [-0.2, -0.15) is 10.2 Å². The van der Waals surface area contributed by atoms with E-state index >= 15 is 4.39 Å². The first-order chi connectivity index (χ1) is 13.2. The van der Waals surface area contributed by atoms with Crippen molar-refractivity contribution in [2.24, 2.45) is 5.92 Å². The van der Waals surface area contributed by atoms with Gasteiger partial charge in [0.2, 0.25) is 14.8 Å². The molecule has 2 heterocycles. The molecule has 0 bridgehead atoms. The standard InChI is InChI=1S/C18H20ClFN4O3S/c1-18(20,28(26,27)16-5-3-2-4-15(16)19)13-7-10-24(11-8-13)17(25)23-14-6-9-21-22-12-14/h2-6,9,12-13H,7-8,10-11H2,1H3,(H,21,23,25). The Morgan fingerprint density at radius 2 is 1.93 bits per heavy atom. The Kier molecular flexibility index (Phi) is 5.85. The highest BCUT2D eigenvalue weighted by molar-refractivity contribution is 7.92. The number of halogens is 2. The lowest BCUT2D eigenvalue weighted by Gasteiger charge is -2.37. The minimum atomic E-state index is -4.29. The summed E-state index contributed by atoms with van der Waals surface area (Å²) in [4.78, 5) is 13.6. The molecule has 0 radical (unpaired) electrons. The number of carbonyl (C=O) groups excluding carboxylic acids is 1. The van der Waals surface area contributed by atoms with Gasteiger partial charge >= 0.3 is 6.03 Å². The van der Waals surface area contributed by atoms with E-state index in [4.69, 9.17) is 11.6 Å². The summed E-state index contributed by atoms with van der Waals surface area (Å²) in [5.41, 5.74) is 0.499. The second kappa shape index (κ2) is 8.00. The first-order valence-electron chi connectivity index (χ1n) is 8.74. The lowest BCUT2D eigenvalue weighted by atomic mass is 9.92. The van der Waals surface area contributed by atoms with Crippen molar-refractivity contribution in [1.29, 1.82) is 0 Å². The maximum Gasteiger partial charge on any atom is 0.321 e. The summed E-state index contributed by atoms with van der Waals surface area (Å²) in [6, 6.07) is 7.09. The number of nitrogens with one attached hydrogen (secondary N) is 1. The van der Waals surface area contributed by atoms with Crippen LogP contribution in [0.3, 0.4) is 0 Å². The van der Waals surface area contributed by atoms with Gasteiger partial charge in [0.25, 0.3) is 0 Å². The molecule has 1 aromatic carbocycles. The fourth-order valence-electron chi connectivity index (χ4n) is 3.26. The maximum atomic E-state index is 15.5. The molecule has 1 aromatic heterocycles. The molecule has 7 nitrogen and oxygen atoms in total. The molecule has 1 saturated heterocycles. The molecular weight excluding hydrogens is 407 g/mol. The molecule has 28 heavy (non-hydrogen) atoms. The van der Waals surface area contributed by atoms with Crippen molar-refractivity contribution in [3.63, 3.8) is 0 Å². The Labute approximate surface area is 167 Å². The van der Waals surface area contributed by atoms with Crippen LogP contribution in [0.4, 0.5) is 14.9 Å². The number of amides is 2. The van der Waals surface area contributed by atoms with Crippen LogP contribution in [0.5, 0.6) is 0 Å². The topological polar surface area (TPSA) is 92.3 Å². The van der Waals surface area contributed by atoms with Crippen LogP contribution in [0.2, 0.25) is 5.02 Å². The van der Waals surface area contributed by atoms with Crippen LogP contribution < -0.4 is 5.32 Å². The molecule has 0 spiro atoms. The number of carbonyl (C=O) groups is 1. The fourth-order valence-corrected chi connectivity index (χ4v) is 5.39. The fraction of sp³-hybridized carbons (Fsp3) is 0.389. The van der Waals surface area contributed by atoms with Crippen molar-refractivity contribution < 1.29 is 17.6 Å². The zero-order valence-electron chi connectivity index (χ0n) is 15.2. The number of benzene rings is 1. The number of alkyl halides is 1. The predicted octanol–water partition coefficient (Wildman–Crippen LogP) is 3.53. The zero-order chi connectivity index (χ0) is 20.4. The van der Waals surface area contributed by atoms with Gasteiger partial charge < -0.3 is 10.2 Å². The summed E-state index contributed by atoms with van der Waals surface area (Å²) < 4.78 is 41.2. The van der Waals surface area contributed by atoms with Crippen LogP contribution in [0.25, 0.3) is 0 Å². The Balaban J connectivity index is 1.68. The summed E-state index contributed by atoms with van der Waals surface area (Å²) in [5.74, 6) is -0.750. The number of hydrogen-bond donors (Lipinski definition) is 1. The third-order valence-electron chi connectivity index (χ3n) is 5.00. The number of piperidine rings is 1. The van der Waals surface area contributed by atoms with Crippen LogP contribution in [0, 0.1) is 5.92 Å². The highest BCUT2D eigenvalue weighted by atomic mass is 35.5. The summed E-state index contributed by atoms with van der Waals surface area (Å²) in [5, 5.41) is 7.50. The van der Waals surface area contributed by atoms with E-state index in [9.17, 15) is 13.2 Å². The minimum absolute atomic E-state index is 0.00542. The molecule has 1 aliphatic heterocycles. The molecule has 1 aliphatic rings. The van der Waals surface area contributed by atoms with Gasteiger partial charge in [-0.1, -0.05) is 23.7 Å². The highest BCUT2D eigenvalue weighted by Crippen LogP contribution is 2.41. The van der Waals surface area contributed by atoms with E-state index in [2.05, 4.69) is 15.5 Å². The van der Waals surface area contributed by atoms with Crippen molar-refractivity contribution in [3.8, 4) is 0 Å². The maximum absolute atomic E-state index is 15.5. The number of anilines is 1. The molecule has 0 aliphatic carbocycles. The minimum Gasteiger partial charge on any atom is -0.325 e. The predicted molar refractivity (Wildman–Crippen MR) is 103 cm³/mol. The summed E-state index contributed by atoms with van der Waals surface area (Å²) in [7, 11) is -4.29. The van der Waals surface area contributed by atoms with Gasteiger partial charge in [0.1, 0.15) is 0 Å². The second-order valence-corrected chi connectivity index (χ2v) is 9.39. The number of urea groups is 1. The van der Waals surface area contributed by atoms with Gasteiger partial charge in [0.05, 0.1) is 28.0 Å². The molecule has 2 aromatic rings. The number of rotatable bonds is 4. The molecule has 1 unspecified atom stereocenters. The molecule has 1 fully saturated rings. The lowest BCUT2D eigenvalue weighted by Crippen LogP contribution is -2.48. The first kappa shape index (κ1) is 20.5. The van der Waals surface area contributed by atoms with E-state index < -0.39 is 20.8 Å². The number of sulfone groups is 1. The second-order valence-electron chi connectivity index (χ2n) is 6.74. The third kappa shape index (κ3) is 3.95. The van der Waals surface area contributed by atoms with Gasteiger partial charge in [-0.3, -0.25) is 0 Å². The van der Waals surface area contributed by atoms with Crippen molar-refractivity contribution in [2.45, 2.75) is 29.7 Å². The summed E-state index contributed by atoms with van der Waals surface area (Å²) in [6.45, 7) is 1.56. The largest absolute Gasteiger partial charge is 0.325 e. The molecule has 2 amide bonds. The van der Waals surface area contributed by atoms with Gasteiger partial charge in [-0.05, 0) is 38.0 Å². The van der Waals surface area contributed by atoms with Crippen molar-refractivity contribution >= 4 is 33.2 Å². The number of hydrogen-bond acceptors (Lipinski definition) is 5.